The van der Waals surface area contributed by atoms with Gasteiger partial charge in [0.05, 0.1) is 0 Å². The molecule has 0 unspecified atom stereocenters. The van der Waals surface area contributed by atoms with Gasteiger partial charge >= 0.3 is 0 Å². The van der Waals surface area contributed by atoms with E-state index in [1.165, 1.54) is 184 Å². The molecule has 0 atom stereocenters. The molecule has 0 fully saturated rings. The fourth-order valence-corrected chi connectivity index (χ4v) is 5.39. The van der Waals surface area contributed by atoms with E-state index in [0.29, 0.717) is 0 Å². The molecule has 0 spiro atoms. The van der Waals surface area contributed by atoms with E-state index in [9.17, 15) is 0 Å². The van der Waals surface area contributed by atoms with E-state index in [2.05, 4.69) is 32.9 Å². The summed E-state index contributed by atoms with van der Waals surface area (Å²) in [6, 6.07) is 4.80. The molecule has 0 saturated heterocycles. The third kappa shape index (κ3) is 20.2. The third-order valence-electron chi connectivity index (χ3n) is 7.78. The highest BCUT2D eigenvalue weighted by Gasteiger charge is 2.05. The summed E-state index contributed by atoms with van der Waals surface area (Å²) in [6.45, 7) is 8.65. The molecule has 1 aromatic heterocycles. The maximum atomic E-state index is 5.09. The second kappa shape index (κ2) is 25.8. The molecule has 1 radical (unpaired) electrons. The SMILES string of the molecule is [CH2]CCCc1cc(CCCCCCCCCCCCC)nc(CCCCCCCCCCCCC)c1. The molecular formula is C35H64N. The number of aryl methyl sites for hydroxylation is 3. The third-order valence-corrected chi connectivity index (χ3v) is 7.78. The Bertz CT molecular complexity index is 534. The van der Waals surface area contributed by atoms with Crippen LogP contribution in [0.1, 0.15) is 185 Å². The Labute approximate surface area is 228 Å². The monoisotopic (exact) mass is 499 g/mol. The summed E-state index contributed by atoms with van der Waals surface area (Å²) in [5.74, 6) is 0. The Balaban J connectivity index is 2.21. The maximum Gasteiger partial charge on any atom is 0.0409 e. The van der Waals surface area contributed by atoms with Crippen molar-refractivity contribution >= 4 is 0 Å². The zero-order valence-corrected chi connectivity index (χ0v) is 24.9. The highest BCUT2D eigenvalue weighted by Crippen LogP contribution is 2.17. The molecule has 0 N–H and O–H groups in total. The molecule has 0 aliphatic rings. The molecule has 1 aromatic rings. The van der Waals surface area contributed by atoms with Crippen LogP contribution in [0.5, 0.6) is 0 Å². The Kier molecular flexibility index (Phi) is 23.8. The summed E-state index contributed by atoms with van der Waals surface area (Å²) in [5, 5.41) is 0. The van der Waals surface area contributed by atoms with Crippen LogP contribution in [0.4, 0.5) is 0 Å². The van der Waals surface area contributed by atoms with Gasteiger partial charge in [-0.2, -0.15) is 0 Å². The fourth-order valence-electron chi connectivity index (χ4n) is 5.39. The van der Waals surface area contributed by atoms with Gasteiger partial charge in [0.15, 0.2) is 0 Å². The molecule has 0 aliphatic heterocycles. The molecule has 1 heteroatoms. The van der Waals surface area contributed by atoms with Gasteiger partial charge < -0.3 is 0 Å². The number of hydrogen-bond acceptors (Lipinski definition) is 1. The number of pyridine rings is 1. The zero-order valence-electron chi connectivity index (χ0n) is 24.9. The number of hydrogen-bond donors (Lipinski definition) is 0. The van der Waals surface area contributed by atoms with Crippen molar-refractivity contribution in [2.45, 2.75) is 187 Å². The van der Waals surface area contributed by atoms with E-state index in [4.69, 9.17) is 4.98 Å². The molecule has 0 saturated carbocycles. The van der Waals surface area contributed by atoms with Crippen LogP contribution in [-0.4, -0.2) is 4.98 Å². The molecule has 209 valence electrons. The highest BCUT2D eigenvalue weighted by molar-refractivity contribution is 5.22. The van der Waals surface area contributed by atoms with Gasteiger partial charge in [-0.3, -0.25) is 4.98 Å². The molecule has 1 nitrogen and oxygen atoms in total. The minimum absolute atomic E-state index is 1.03. The summed E-state index contributed by atoms with van der Waals surface area (Å²) < 4.78 is 0. The summed E-state index contributed by atoms with van der Waals surface area (Å²) >= 11 is 0. The molecule has 1 heterocycles. The molecule has 1 rings (SSSR count). The fraction of sp³-hybridized carbons (Fsp3) is 0.829. The second-order valence-corrected chi connectivity index (χ2v) is 11.5. The van der Waals surface area contributed by atoms with Crippen LogP contribution in [-0.2, 0) is 19.3 Å². The minimum atomic E-state index is 1.03. The second-order valence-electron chi connectivity index (χ2n) is 11.5. The van der Waals surface area contributed by atoms with Crippen LogP contribution < -0.4 is 0 Å². The first-order chi connectivity index (χ1) is 17.8. The van der Waals surface area contributed by atoms with Gasteiger partial charge in [-0.05, 0) is 56.2 Å². The van der Waals surface area contributed by atoms with Crippen LogP contribution in [0, 0.1) is 6.92 Å². The molecule has 0 amide bonds. The average molecular weight is 499 g/mol. The number of aromatic nitrogens is 1. The van der Waals surface area contributed by atoms with Crippen molar-refractivity contribution in [1.29, 1.82) is 0 Å². The van der Waals surface area contributed by atoms with Crippen molar-refractivity contribution in [3.05, 3.63) is 36.0 Å². The Morgan fingerprint density at radius 3 is 1.11 bits per heavy atom. The van der Waals surface area contributed by atoms with Gasteiger partial charge in [0.2, 0.25) is 0 Å². The van der Waals surface area contributed by atoms with Gasteiger partial charge in [0.25, 0.3) is 0 Å². The molecule has 0 aromatic carbocycles. The van der Waals surface area contributed by atoms with Crippen molar-refractivity contribution in [2.75, 3.05) is 0 Å². The first kappa shape index (κ1) is 33.2. The van der Waals surface area contributed by atoms with E-state index in [-0.39, 0.29) is 0 Å². The van der Waals surface area contributed by atoms with E-state index < -0.39 is 0 Å². The van der Waals surface area contributed by atoms with Crippen molar-refractivity contribution in [3.8, 4) is 0 Å². The van der Waals surface area contributed by atoms with Gasteiger partial charge in [-0.15, -0.1) is 0 Å². The van der Waals surface area contributed by atoms with E-state index >= 15 is 0 Å². The van der Waals surface area contributed by atoms with Gasteiger partial charge in [-0.25, -0.2) is 0 Å². The predicted octanol–water partition coefficient (Wildman–Crippen LogP) is 11.9. The van der Waals surface area contributed by atoms with E-state index in [1.54, 1.807) is 0 Å². The lowest BCUT2D eigenvalue weighted by molar-refractivity contribution is 0.547. The summed E-state index contributed by atoms with van der Waals surface area (Å²) in [7, 11) is 0. The van der Waals surface area contributed by atoms with Crippen LogP contribution in [0.2, 0.25) is 0 Å². The van der Waals surface area contributed by atoms with Crippen LogP contribution in [0.3, 0.4) is 0 Å². The lowest BCUT2D eigenvalue weighted by Crippen LogP contribution is -2.00. The van der Waals surface area contributed by atoms with Crippen molar-refractivity contribution in [1.82, 2.24) is 4.98 Å². The lowest BCUT2D eigenvalue weighted by atomic mass is 10.0. The summed E-state index contributed by atoms with van der Waals surface area (Å²) in [6.07, 6.45) is 36.8. The van der Waals surface area contributed by atoms with Crippen LogP contribution in [0.25, 0.3) is 0 Å². The quantitative estimate of drug-likeness (QED) is 0.110. The zero-order chi connectivity index (χ0) is 25.9. The van der Waals surface area contributed by atoms with Gasteiger partial charge in [0, 0.05) is 11.4 Å². The smallest absolute Gasteiger partial charge is 0.0409 e. The Hall–Kier alpha value is -0.850. The molecule has 0 bridgehead atoms. The highest BCUT2D eigenvalue weighted by atomic mass is 14.7. The normalized spacial score (nSPS) is 11.4. The number of nitrogens with zero attached hydrogens (tertiary/aromatic N) is 1. The van der Waals surface area contributed by atoms with E-state index in [1.807, 2.05) is 0 Å². The van der Waals surface area contributed by atoms with Crippen LogP contribution in [0.15, 0.2) is 12.1 Å². The average Bonchev–Trinajstić information content (AvgIpc) is 2.89. The Morgan fingerprint density at radius 2 is 0.778 bits per heavy atom. The Morgan fingerprint density at radius 1 is 0.444 bits per heavy atom. The molecule has 0 aliphatic carbocycles. The summed E-state index contributed by atoms with van der Waals surface area (Å²) in [4.78, 5) is 5.09. The first-order valence-electron chi connectivity index (χ1n) is 16.6. The van der Waals surface area contributed by atoms with Crippen molar-refractivity contribution < 1.29 is 0 Å². The lowest BCUT2D eigenvalue weighted by Gasteiger charge is -2.10. The predicted molar refractivity (Wildman–Crippen MR) is 163 cm³/mol. The van der Waals surface area contributed by atoms with Crippen molar-refractivity contribution in [2.24, 2.45) is 0 Å². The summed E-state index contributed by atoms with van der Waals surface area (Å²) in [5.41, 5.74) is 4.21. The van der Waals surface area contributed by atoms with Gasteiger partial charge in [-0.1, -0.05) is 156 Å². The standard InChI is InChI=1S/C35H64N/c1-4-7-10-12-14-16-18-20-22-24-26-29-34-31-33(28-9-6-3)32-35(36-34)30-27-25-23-21-19-17-15-13-11-8-5-2/h31-32H,3-30H2,1-2H3. The molecule has 36 heavy (non-hydrogen) atoms. The van der Waals surface area contributed by atoms with Crippen molar-refractivity contribution in [3.63, 3.8) is 0 Å². The first-order valence-corrected chi connectivity index (χ1v) is 16.6. The largest absolute Gasteiger partial charge is 0.258 e. The topological polar surface area (TPSA) is 12.9 Å². The minimum Gasteiger partial charge on any atom is -0.258 e. The number of unbranched alkanes of at least 4 members (excludes halogenated alkanes) is 21. The molecular weight excluding hydrogens is 434 g/mol. The van der Waals surface area contributed by atoms with E-state index in [0.717, 1.165) is 6.42 Å². The van der Waals surface area contributed by atoms with Crippen LogP contribution >= 0.6 is 0 Å². The maximum absolute atomic E-state index is 5.09. The number of rotatable bonds is 27. The van der Waals surface area contributed by atoms with Gasteiger partial charge in [0.1, 0.15) is 0 Å².